The van der Waals surface area contributed by atoms with E-state index in [1.807, 2.05) is 43.3 Å². The predicted molar refractivity (Wildman–Crippen MR) is 129 cm³/mol. The van der Waals surface area contributed by atoms with Gasteiger partial charge in [0.2, 0.25) is 0 Å². The maximum atomic E-state index is 12.7. The fourth-order valence-corrected chi connectivity index (χ4v) is 4.72. The molecule has 0 aromatic heterocycles. The van der Waals surface area contributed by atoms with Crippen LogP contribution in [-0.2, 0) is 9.59 Å². The largest absolute Gasteiger partial charge is 0.481 e. The van der Waals surface area contributed by atoms with Crippen molar-refractivity contribution < 1.29 is 14.7 Å². The molecule has 0 spiro atoms. The minimum Gasteiger partial charge on any atom is -0.481 e. The van der Waals surface area contributed by atoms with Crippen LogP contribution in [0.15, 0.2) is 46.9 Å². The Labute approximate surface area is 189 Å². The van der Waals surface area contributed by atoms with Crippen molar-refractivity contribution in [2.45, 2.75) is 64.7 Å². The Morgan fingerprint density at radius 3 is 2.27 bits per heavy atom. The fourth-order valence-electron chi connectivity index (χ4n) is 3.36. The third-order valence-electron chi connectivity index (χ3n) is 4.95. The van der Waals surface area contributed by atoms with Crippen molar-refractivity contribution in [3.05, 3.63) is 52.4 Å². The number of nitrogens with zero attached hydrogens (tertiary/aromatic N) is 1. The van der Waals surface area contributed by atoms with Gasteiger partial charge >= 0.3 is 5.97 Å². The number of hydrogen-bond acceptors (Lipinski definition) is 4. The Morgan fingerprint density at radius 1 is 1.03 bits per heavy atom. The first-order valence-electron chi connectivity index (χ1n) is 10.7. The molecular weight excluding hydrogens is 414 g/mol. The van der Waals surface area contributed by atoms with Crippen LogP contribution in [0.4, 0.5) is 0 Å². The van der Waals surface area contributed by atoms with Crippen LogP contribution < -0.4 is 0 Å². The third kappa shape index (κ3) is 8.84. The van der Waals surface area contributed by atoms with Gasteiger partial charge in [-0.15, -0.1) is 0 Å². The van der Waals surface area contributed by atoms with E-state index in [1.54, 1.807) is 4.90 Å². The summed E-state index contributed by atoms with van der Waals surface area (Å²) in [5, 5.41) is 8.61. The Balaban J connectivity index is 1.67. The number of thioether (sulfide) groups is 1. The summed E-state index contributed by atoms with van der Waals surface area (Å²) in [5.74, 6) is -0.688. The lowest BCUT2D eigenvalue weighted by Crippen LogP contribution is -2.29. The number of thiocarbonyl (C=S) groups is 1. The Hall–Kier alpha value is -1.92. The summed E-state index contributed by atoms with van der Waals surface area (Å²) in [6, 6.07) is 10.1. The first kappa shape index (κ1) is 24.4. The number of hydrogen-bond donors (Lipinski definition) is 1. The van der Waals surface area contributed by atoms with Crippen LogP contribution in [0, 0.1) is 0 Å². The smallest absolute Gasteiger partial charge is 0.303 e. The topological polar surface area (TPSA) is 57.6 Å². The zero-order chi connectivity index (χ0) is 21.8. The maximum Gasteiger partial charge on any atom is 0.303 e. The SMILES string of the molecule is CC(=Cc1ccccc1)C=C1SC(=S)N(CCCCCCCCCCC(=O)O)C1=O. The highest BCUT2D eigenvalue weighted by atomic mass is 32.2. The Morgan fingerprint density at radius 2 is 1.63 bits per heavy atom. The monoisotopic (exact) mass is 445 g/mol. The van der Waals surface area contributed by atoms with Gasteiger partial charge in [0, 0.05) is 13.0 Å². The first-order chi connectivity index (χ1) is 14.5. The number of aliphatic carboxylic acids is 1. The molecule has 1 aliphatic rings. The van der Waals surface area contributed by atoms with E-state index in [0.29, 0.717) is 15.8 Å². The highest BCUT2D eigenvalue weighted by Crippen LogP contribution is 2.32. The molecule has 1 fully saturated rings. The van der Waals surface area contributed by atoms with Gasteiger partial charge in [-0.25, -0.2) is 0 Å². The summed E-state index contributed by atoms with van der Waals surface area (Å²) in [5.41, 5.74) is 2.15. The summed E-state index contributed by atoms with van der Waals surface area (Å²) in [4.78, 5) is 25.6. The van der Waals surface area contributed by atoms with Crippen molar-refractivity contribution in [2.24, 2.45) is 0 Å². The Bertz CT molecular complexity index is 787. The molecule has 0 atom stereocenters. The van der Waals surface area contributed by atoms with Gasteiger partial charge in [0.15, 0.2) is 0 Å². The lowest BCUT2D eigenvalue weighted by atomic mass is 10.1. The van der Waals surface area contributed by atoms with Crippen LogP contribution in [0.25, 0.3) is 6.08 Å². The van der Waals surface area contributed by atoms with E-state index in [2.05, 4.69) is 6.08 Å². The van der Waals surface area contributed by atoms with Crippen LogP contribution in [-0.4, -0.2) is 32.7 Å². The van der Waals surface area contributed by atoms with Gasteiger partial charge in [-0.3, -0.25) is 14.5 Å². The van der Waals surface area contributed by atoms with Crippen molar-refractivity contribution in [1.29, 1.82) is 0 Å². The summed E-state index contributed by atoms with van der Waals surface area (Å²) in [6.07, 6.45) is 12.6. The molecule has 1 aromatic rings. The number of benzene rings is 1. The van der Waals surface area contributed by atoms with Gasteiger partial charge in [-0.1, -0.05) is 98.9 Å². The molecule has 2 rings (SSSR count). The normalized spacial score (nSPS) is 16.0. The molecule has 1 aromatic carbocycles. The number of carbonyl (C=O) groups is 2. The molecule has 162 valence electrons. The van der Waals surface area contributed by atoms with E-state index in [0.717, 1.165) is 62.5 Å². The summed E-state index contributed by atoms with van der Waals surface area (Å²) in [7, 11) is 0. The van der Waals surface area contributed by atoms with Crippen molar-refractivity contribution in [2.75, 3.05) is 6.54 Å². The molecule has 0 unspecified atom stereocenters. The maximum absolute atomic E-state index is 12.7. The second kappa shape index (κ2) is 13.4. The highest BCUT2D eigenvalue weighted by molar-refractivity contribution is 8.26. The van der Waals surface area contributed by atoms with Crippen LogP contribution in [0.5, 0.6) is 0 Å². The lowest BCUT2D eigenvalue weighted by Gasteiger charge is -2.14. The molecule has 0 aliphatic carbocycles. The molecule has 1 aliphatic heterocycles. The molecule has 4 nitrogen and oxygen atoms in total. The highest BCUT2D eigenvalue weighted by Gasteiger charge is 2.31. The molecule has 0 radical (unpaired) electrons. The fraction of sp³-hybridized carbons (Fsp3) is 0.458. The van der Waals surface area contributed by atoms with Crippen molar-refractivity contribution >= 4 is 46.3 Å². The minimum atomic E-state index is -0.706. The molecule has 1 saturated heterocycles. The zero-order valence-corrected chi connectivity index (χ0v) is 19.3. The molecule has 6 heteroatoms. The minimum absolute atomic E-state index is 0.0178. The first-order valence-corrected chi connectivity index (χ1v) is 11.9. The summed E-state index contributed by atoms with van der Waals surface area (Å²) >= 11 is 6.81. The van der Waals surface area contributed by atoms with Crippen LogP contribution in [0.2, 0.25) is 0 Å². The summed E-state index contributed by atoms with van der Waals surface area (Å²) in [6.45, 7) is 2.68. The standard InChI is InChI=1S/C24H31NO3S2/c1-19(17-20-13-9-8-10-14-20)18-21-23(28)25(24(29)30-21)16-12-7-5-3-2-4-6-11-15-22(26)27/h8-10,13-14,17-18H,2-7,11-12,15-16H2,1H3,(H,26,27). The quantitative estimate of drug-likeness (QED) is 0.215. The lowest BCUT2D eigenvalue weighted by molar-refractivity contribution is -0.137. The second-order valence-corrected chi connectivity index (χ2v) is 9.28. The molecule has 1 N–H and O–H groups in total. The molecule has 0 saturated carbocycles. The van der Waals surface area contributed by atoms with Crippen LogP contribution >= 0.6 is 24.0 Å². The zero-order valence-electron chi connectivity index (χ0n) is 17.6. The Kier molecular flexibility index (Phi) is 10.9. The summed E-state index contributed by atoms with van der Waals surface area (Å²) < 4.78 is 0.650. The van der Waals surface area contributed by atoms with Gasteiger partial charge in [0.05, 0.1) is 4.91 Å². The van der Waals surface area contributed by atoms with Gasteiger partial charge < -0.3 is 5.11 Å². The van der Waals surface area contributed by atoms with E-state index in [1.165, 1.54) is 11.8 Å². The number of allylic oxidation sites excluding steroid dienone is 2. The van der Waals surface area contributed by atoms with Gasteiger partial charge in [-0.2, -0.15) is 0 Å². The predicted octanol–water partition coefficient (Wildman–Crippen LogP) is 6.43. The molecule has 1 amide bonds. The van der Waals surface area contributed by atoms with Crippen molar-refractivity contribution in [3.8, 4) is 0 Å². The second-order valence-electron chi connectivity index (χ2n) is 7.60. The number of carbonyl (C=O) groups excluding carboxylic acids is 1. The van der Waals surface area contributed by atoms with Gasteiger partial charge in [-0.05, 0) is 37.0 Å². The van der Waals surface area contributed by atoms with E-state index in [-0.39, 0.29) is 12.3 Å². The average molecular weight is 446 g/mol. The van der Waals surface area contributed by atoms with E-state index < -0.39 is 5.97 Å². The van der Waals surface area contributed by atoms with Crippen LogP contribution in [0.1, 0.15) is 70.3 Å². The van der Waals surface area contributed by atoms with Gasteiger partial charge in [0.1, 0.15) is 4.32 Å². The van der Waals surface area contributed by atoms with Crippen molar-refractivity contribution in [1.82, 2.24) is 4.90 Å². The third-order valence-corrected chi connectivity index (χ3v) is 6.33. The number of carboxylic acids is 1. The van der Waals surface area contributed by atoms with Crippen LogP contribution in [0.3, 0.4) is 0 Å². The molecule has 1 heterocycles. The average Bonchev–Trinajstić information content (AvgIpc) is 2.96. The molecule has 30 heavy (non-hydrogen) atoms. The van der Waals surface area contributed by atoms with E-state index in [4.69, 9.17) is 17.3 Å². The number of carboxylic acid groups (broad SMARTS) is 1. The number of unbranched alkanes of at least 4 members (excludes halogenated alkanes) is 7. The van der Waals surface area contributed by atoms with Crippen molar-refractivity contribution in [3.63, 3.8) is 0 Å². The molecule has 0 bridgehead atoms. The number of rotatable bonds is 13. The van der Waals surface area contributed by atoms with E-state index in [9.17, 15) is 9.59 Å². The number of amides is 1. The van der Waals surface area contributed by atoms with E-state index >= 15 is 0 Å². The molecular formula is C24H31NO3S2. The van der Waals surface area contributed by atoms with Gasteiger partial charge in [0.25, 0.3) is 5.91 Å².